The third-order valence-electron chi connectivity index (χ3n) is 2.77. The largest absolute Gasteiger partial charge is 0.0798 e. The van der Waals surface area contributed by atoms with Crippen LogP contribution in [0.3, 0.4) is 0 Å². The molecule has 2 rings (SSSR count). The number of hydrogen-bond donors (Lipinski definition) is 0. The van der Waals surface area contributed by atoms with Crippen molar-refractivity contribution in [1.29, 1.82) is 0 Å². The highest BCUT2D eigenvalue weighted by atomic mass is 14.3. The monoisotopic (exact) mass is 160 g/mol. The van der Waals surface area contributed by atoms with Crippen LogP contribution < -0.4 is 0 Å². The topological polar surface area (TPSA) is 0 Å². The predicted octanol–water partition coefficient (Wildman–Crippen LogP) is 3.62. The summed E-state index contributed by atoms with van der Waals surface area (Å²) >= 11 is 0. The number of rotatable bonds is 0. The molecule has 0 heteroatoms. The van der Waals surface area contributed by atoms with E-state index in [9.17, 15) is 0 Å². The molecule has 64 valence electrons. The van der Waals surface area contributed by atoms with E-state index in [0.29, 0.717) is 5.41 Å². The average Bonchev–Trinajstić information content (AvgIpc) is 2.37. The molecule has 0 aromatic carbocycles. The van der Waals surface area contributed by atoms with E-state index in [4.69, 9.17) is 0 Å². The van der Waals surface area contributed by atoms with Crippen molar-refractivity contribution < 1.29 is 0 Å². The summed E-state index contributed by atoms with van der Waals surface area (Å²) < 4.78 is 0. The maximum Gasteiger partial charge on any atom is -0.00877 e. The summed E-state index contributed by atoms with van der Waals surface area (Å²) in [6.45, 7) is 6.89. The zero-order chi connectivity index (χ0) is 8.77. The van der Waals surface area contributed by atoms with Crippen molar-refractivity contribution in [3.05, 3.63) is 34.9 Å². The van der Waals surface area contributed by atoms with E-state index in [0.717, 1.165) is 0 Å². The van der Waals surface area contributed by atoms with Gasteiger partial charge in [0, 0.05) is 0 Å². The van der Waals surface area contributed by atoms with Gasteiger partial charge in [-0.3, -0.25) is 0 Å². The molecule has 0 radical (unpaired) electrons. The maximum atomic E-state index is 2.37. The molecule has 0 amide bonds. The molecule has 0 atom stereocenters. The Hall–Kier alpha value is -0.780. The summed E-state index contributed by atoms with van der Waals surface area (Å²) in [5.74, 6) is 0. The van der Waals surface area contributed by atoms with Crippen LogP contribution in [0.2, 0.25) is 0 Å². The van der Waals surface area contributed by atoms with Gasteiger partial charge in [-0.2, -0.15) is 0 Å². The van der Waals surface area contributed by atoms with Crippen LogP contribution in [0.25, 0.3) is 0 Å². The summed E-state index contributed by atoms with van der Waals surface area (Å²) in [5, 5.41) is 0. The lowest BCUT2D eigenvalue weighted by atomic mass is 9.84. The second-order valence-corrected chi connectivity index (χ2v) is 4.76. The van der Waals surface area contributed by atoms with Gasteiger partial charge in [-0.15, -0.1) is 0 Å². The Labute approximate surface area is 74.7 Å². The normalized spacial score (nSPS) is 21.8. The molecule has 0 aromatic rings. The molecule has 0 bridgehead atoms. The fraction of sp³-hybridized carbons (Fsp3) is 0.500. The minimum absolute atomic E-state index is 0.359. The van der Waals surface area contributed by atoms with Crippen molar-refractivity contribution in [2.75, 3.05) is 0 Å². The Morgan fingerprint density at radius 3 is 2.58 bits per heavy atom. The van der Waals surface area contributed by atoms with Gasteiger partial charge >= 0.3 is 0 Å². The third-order valence-corrected chi connectivity index (χ3v) is 2.77. The van der Waals surface area contributed by atoms with Gasteiger partial charge in [0.15, 0.2) is 0 Å². The smallest absolute Gasteiger partial charge is 0.00877 e. The second kappa shape index (κ2) is 2.35. The Kier molecular flexibility index (Phi) is 1.54. The van der Waals surface area contributed by atoms with Crippen molar-refractivity contribution in [2.45, 2.75) is 33.6 Å². The molecule has 0 spiro atoms. The van der Waals surface area contributed by atoms with Crippen LogP contribution in [0.4, 0.5) is 0 Å². The fourth-order valence-corrected chi connectivity index (χ4v) is 1.84. The minimum Gasteiger partial charge on any atom is -0.0798 e. The molecule has 0 fully saturated rings. The molecule has 2 aliphatic rings. The lowest BCUT2D eigenvalue weighted by molar-refractivity contribution is 0.493. The van der Waals surface area contributed by atoms with Crippen LogP contribution in [0.5, 0.6) is 0 Å². The van der Waals surface area contributed by atoms with Crippen LogP contribution >= 0.6 is 0 Å². The molecule has 0 heterocycles. The molecular weight excluding hydrogens is 144 g/mol. The maximum absolute atomic E-state index is 2.37. The summed E-state index contributed by atoms with van der Waals surface area (Å²) in [5.41, 5.74) is 5.06. The van der Waals surface area contributed by atoms with Crippen LogP contribution in [0.15, 0.2) is 34.9 Å². The van der Waals surface area contributed by atoms with Gasteiger partial charge in [-0.1, -0.05) is 50.1 Å². The zero-order valence-electron chi connectivity index (χ0n) is 8.15. The molecule has 0 unspecified atom stereocenters. The summed E-state index contributed by atoms with van der Waals surface area (Å²) in [6, 6.07) is 0. The first kappa shape index (κ1) is 7.85. The first-order chi connectivity index (χ1) is 5.57. The summed E-state index contributed by atoms with van der Waals surface area (Å²) in [6.07, 6.45) is 9.30. The lowest BCUT2D eigenvalue weighted by Crippen LogP contribution is -2.07. The van der Waals surface area contributed by atoms with Gasteiger partial charge in [0.25, 0.3) is 0 Å². The molecule has 2 aliphatic carbocycles. The van der Waals surface area contributed by atoms with Crippen molar-refractivity contribution in [1.82, 2.24) is 0 Å². The first-order valence-electron chi connectivity index (χ1n) is 4.67. The van der Waals surface area contributed by atoms with Crippen LogP contribution in [0.1, 0.15) is 33.6 Å². The Bertz CT molecular complexity index is 292. The van der Waals surface area contributed by atoms with E-state index in [1.165, 1.54) is 18.4 Å². The van der Waals surface area contributed by atoms with Gasteiger partial charge in [0.2, 0.25) is 0 Å². The first-order valence-corrected chi connectivity index (χ1v) is 4.67. The molecule has 0 aliphatic heterocycles. The summed E-state index contributed by atoms with van der Waals surface area (Å²) in [4.78, 5) is 0. The Morgan fingerprint density at radius 1 is 1.25 bits per heavy atom. The molecule has 0 N–H and O–H groups in total. The second-order valence-electron chi connectivity index (χ2n) is 4.76. The SMILES string of the molecule is CC(C)(C)C1=CC2=C(CC=C2)C1. The third kappa shape index (κ3) is 1.16. The van der Waals surface area contributed by atoms with E-state index >= 15 is 0 Å². The van der Waals surface area contributed by atoms with Crippen LogP contribution in [-0.2, 0) is 0 Å². The van der Waals surface area contributed by atoms with Crippen LogP contribution in [0, 0.1) is 5.41 Å². The van der Waals surface area contributed by atoms with Crippen molar-refractivity contribution in [3.8, 4) is 0 Å². The van der Waals surface area contributed by atoms with Gasteiger partial charge in [0.05, 0.1) is 0 Å². The molecule has 0 nitrogen and oxygen atoms in total. The van der Waals surface area contributed by atoms with Gasteiger partial charge in [0.1, 0.15) is 0 Å². The summed E-state index contributed by atoms with van der Waals surface area (Å²) in [7, 11) is 0. The van der Waals surface area contributed by atoms with Crippen molar-refractivity contribution >= 4 is 0 Å². The molecular formula is C12H16. The molecule has 0 saturated carbocycles. The molecule has 0 aromatic heterocycles. The zero-order valence-corrected chi connectivity index (χ0v) is 8.15. The minimum atomic E-state index is 0.359. The van der Waals surface area contributed by atoms with Gasteiger partial charge in [-0.25, -0.2) is 0 Å². The average molecular weight is 160 g/mol. The standard InChI is InChI=1S/C12H16/c1-12(2,3)11-7-9-5-4-6-10(9)8-11/h4-5,7H,6,8H2,1-3H3. The van der Waals surface area contributed by atoms with Crippen molar-refractivity contribution in [3.63, 3.8) is 0 Å². The van der Waals surface area contributed by atoms with E-state index in [2.05, 4.69) is 39.0 Å². The fourth-order valence-electron chi connectivity index (χ4n) is 1.84. The molecule has 12 heavy (non-hydrogen) atoms. The highest BCUT2D eigenvalue weighted by Gasteiger charge is 2.24. The Morgan fingerprint density at radius 2 is 2.00 bits per heavy atom. The lowest BCUT2D eigenvalue weighted by Gasteiger charge is -2.20. The van der Waals surface area contributed by atoms with Crippen LogP contribution in [-0.4, -0.2) is 0 Å². The predicted molar refractivity (Wildman–Crippen MR) is 52.9 cm³/mol. The van der Waals surface area contributed by atoms with E-state index in [1.807, 2.05) is 0 Å². The Balaban J connectivity index is 2.23. The number of allylic oxidation sites excluding steroid dienone is 6. The quantitative estimate of drug-likeness (QED) is 0.507. The highest BCUT2D eigenvalue weighted by Crippen LogP contribution is 2.40. The molecule has 0 saturated heterocycles. The van der Waals surface area contributed by atoms with Gasteiger partial charge in [-0.05, 0) is 23.8 Å². The van der Waals surface area contributed by atoms with E-state index in [-0.39, 0.29) is 0 Å². The highest BCUT2D eigenvalue weighted by molar-refractivity contribution is 5.51. The number of hydrogen-bond acceptors (Lipinski definition) is 0. The van der Waals surface area contributed by atoms with Crippen molar-refractivity contribution in [2.24, 2.45) is 5.41 Å². The van der Waals surface area contributed by atoms with E-state index in [1.54, 1.807) is 11.1 Å². The van der Waals surface area contributed by atoms with Gasteiger partial charge < -0.3 is 0 Å². The van der Waals surface area contributed by atoms with E-state index < -0.39 is 0 Å².